The van der Waals surface area contributed by atoms with Gasteiger partial charge in [-0.05, 0) is 31.0 Å². The molecule has 2 N–H and O–H groups in total. The van der Waals surface area contributed by atoms with Crippen molar-refractivity contribution < 1.29 is 4.79 Å². The number of amides is 1. The van der Waals surface area contributed by atoms with Crippen LogP contribution in [0.3, 0.4) is 0 Å². The maximum Gasteiger partial charge on any atom is 0.340 e. The average Bonchev–Trinajstić information content (AvgIpc) is 3.20. The summed E-state index contributed by atoms with van der Waals surface area (Å²) in [6.07, 6.45) is 3.53. The number of aromatic nitrogens is 5. The number of likely N-dealkylation sites (tertiary alicyclic amines) is 1. The molecule has 4 rings (SSSR count). The van der Waals surface area contributed by atoms with Gasteiger partial charge in [-0.25, -0.2) is 14.9 Å². The number of rotatable bonds is 2. The molecule has 1 unspecified atom stereocenters. The average molecular weight is 326 g/mol. The molecular formula is C16H18N6O2. The number of carbonyl (C=O) groups is 1. The van der Waals surface area contributed by atoms with Crippen molar-refractivity contribution in [3.63, 3.8) is 0 Å². The standard InChI is InChI=1S/C16H18N6O2/c1-21-9-17-12-7-10(4-5-13(12)21)15(23)22-6-2-3-11(8-22)14-18-16(24)20-19-14/h4-5,7,9,11H,2-3,6,8H2,1H3,(H2,18,19,20,24). The van der Waals surface area contributed by atoms with Crippen molar-refractivity contribution in [3.05, 3.63) is 46.4 Å². The minimum absolute atomic E-state index is 0.00913. The topological polar surface area (TPSA) is 99.7 Å². The van der Waals surface area contributed by atoms with Gasteiger partial charge in [-0.1, -0.05) is 0 Å². The smallest absolute Gasteiger partial charge is 0.338 e. The Kier molecular flexibility index (Phi) is 3.44. The number of aryl methyl sites for hydroxylation is 1. The summed E-state index contributed by atoms with van der Waals surface area (Å²) in [4.78, 5) is 32.9. The second kappa shape index (κ2) is 5.63. The number of aromatic amines is 2. The third-order valence-electron chi connectivity index (χ3n) is 4.59. The zero-order valence-corrected chi connectivity index (χ0v) is 13.3. The predicted molar refractivity (Wildman–Crippen MR) is 87.8 cm³/mol. The molecule has 8 nitrogen and oxygen atoms in total. The maximum atomic E-state index is 12.8. The van der Waals surface area contributed by atoms with Crippen molar-refractivity contribution >= 4 is 16.9 Å². The van der Waals surface area contributed by atoms with E-state index in [1.807, 2.05) is 34.7 Å². The normalized spacial score (nSPS) is 18.2. The number of hydrogen-bond acceptors (Lipinski definition) is 4. The molecule has 1 fully saturated rings. The maximum absolute atomic E-state index is 12.8. The molecule has 1 aliphatic rings. The van der Waals surface area contributed by atoms with Gasteiger partial charge in [0, 0.05) is 31.6 Å². The van der Waals surface area contributed by atoms with Crippen LogP contribution in [-0.2, 0) is 7.05 Å². The number of hydrogen-bond donors (Lipinski definition) is 2. The summed E-state index contributed by atoms with van der Waals surface area (Å²) >= 11 is 0. The van der Waals surface area contributed by atoms with E-state index in [4.69, 9.17) is 0 Å². The van der Waals surface area contributed by atoms with E-state index in [2.05, 4.69) is 20.2 Å². The number of carbonyl (C=O) groups excluding carboxylic acids is 1. The first-order valence-electron chi connectivity index (χ1n) is 7.97. The molecule has 3 aromatic rings. The molecular weight excluding hydrogens is 308 g/mol. The first kappa shape index (κ1) is 14.7. The molecule has 1 atom stereocenters. The lowest BCUT2D eigenvalue weighted by Crippen LogP contribution is -2.39. The molecule has 2 aromatic heterocycles. The zero-order valence-electron chi connectivity index (χ0n) is 13.3. The van der Waals surface area contributed by atoms with E-state index in [1.165, 1.54) is 0 Å². The number of piperidine rings is 1. The van der Waals surface area contributed by atoms with Gasteiger partial charge in [0.25, 0.3) is 5.91 Å². The van der Waals surface area contributed by atoms with E-state index in [-0.39, 0.29) is 17.5 Å². The number of fused-ring (bicyclic) bond motifs is 1. The number of imidazole rings is 1. The molecule has 0 bridgehead atoms. The van der Waals surface area contributed by atoms with E-state index in [0.717, 1.165) is 23.9 Å². The van der Waals surface area contributed by atoms with Crippen LogP contribution >= 0.6 is 0 Å². The van der Waals surface area contributed by atoms with Crippen LogP contribution in [0.15, 0.2) is 29.3 Å². The van der Waals surface area contributed by atoms with Crippen molar-refractivity contribution in [2.75, 3.05) is 13.1 Å². The lowest BCUT2D eigenvalue weighted by atomic mass is 9.96. The highest BCUT2D eigenvalue weighted by Gasteiger charge is 2.27. The second-order valence-electron chi connectivity index (χ2n) is 6.21. The van der Waals surface area contributed by atoms with Crippen LogP contribution in [0.2, 0.25) is 0 Å². The van der Waals surface area contributed by atoms with Gasteiger partial charge in [-0.15, -0.1) is 0 Å². The van der Waals surface area contributed by atoms with E-state index in [9.17, 15) is 9.59 Å². The summed E-state index contributed by atoms with van der Waals surface area (Å²) in [5, 5.41) is 6.39. The molecule has 0 radical (unpaired) electrons. The highest BCUT2D eigenvalue weighted by atomic mass is 16.2. The van der Waals surface area contributed by atoms with Crippen LogP contribution < -0.4 is 5.69 Å². The highest BCUT2D eigenvalue weighted by Crippen LogP contribution is 2.25. The van der Waals surface area contributed by atoms with Gasteiger partial charge < -0.3 is 9.47 Å². The van der Waals surface area contributed by atoms with Gasteiger partial charge >= 0.3 is 5.69 Å². The van der Waals surface area contributed by atoms with Gasteiger partial charge in [-0.2, -0.15) is 5.10 Å². The van der Waals surface area contributed by atoms with Crippen molar-refractivity contribution in [2.24, 2.45) is 7.05 Å². The second-order valence-corrected chi connectivity index (χ2v) is 6.21. The van der Waals surface area contributed by atoms with Gasteiger partial charge in [0.15, 0.2) is 0 Å². The Balaban J connectivity index is 1.57. The van der Waals surface area contributed by atoms with Crippen molar-refractivity contribution in [3.8, 4) is 0 Å². The SMILES string of the molecule is Cn1cnc2cc(C(=O)N3CCCC(c4n[nH]c(=O)[nH]4)C3)ccc21. The van der Waals surface area contributed by atoms with Gasteiger partial charge in [0.05, 0.1) is 17.4 Å². The fourth-order valence-electron chi connectivity index (χ4n) is 3.31. The Morgan fingerprint density at radius 1 is 1.38 bits per heavy atom. The van der Waals surface area contributed by atoms with Crippen molar-refractivity contribution in [1.82, 2.24) is 29.6 Å². The number of nitrogens with zero attached hydrogens (tertiary/aromatic N) is 4. The third kappa shape index (κ3) is 2.49. The van der Waals surface area contributed by atoms with Crippen LogP contribution in [0.25, 0.3) is 11.0 Å². The fourth-order valence-corrected chi connectivity index (χ4v) is 3.31. The molecule has 124 valence electrons. The molecule has 1 amide bonds. The molecule has 24 heavy (non-hydrogen) atoms. The molecule has 1 aliphatic heterocycles. The lowest BCUT2D eigenvalue weighted by Gasteiger charge is -2.31. The zero-order chi connectivity index (χ0) is 16.7. The van der Waals surface area contributed by atoms with Crippen LogP contribution in [0.5, 0.6) is 0 Å². The summed E-state index contributed by atoms with van der Waals surface area (Å²) < 4.78 is 1.93. The largest absolute Gasteiger partial charge is 0.340 e. The van der Waals surface area contributed by atoms with Crippen LogP contribution in [-0.4, -0.2) is 48.6 Å². The van der Waals surface area contributed by atoms with Crippen LogP contribution in [0, 0.1) is 0 Å². The van der Waals surface area contributed by atoms with Crippen molar-refractivity contribution in [2.45, 2.75) is 18.8 Å². The number of benzene rings is 1. The fraction of sp³-hybridized carbons (Fsp3) is 0.375. The minimum Gasteiger partial charge on any atom is -0.338 e. The molecule has 0 saturated carbocycles. The lowest BCUT2D eigenvalue weighted by molar-refractivity contribution is 0.0704. The number of H-pyrrole nitrogens is 2. The van der Waals surface area contributed by atoms with Crippen molar-refractivity contribution in [1.29, 1.82) is 0 Å². The molecule has 3 heterocycles. The van der Waals surface area contributed by atoms with Gasteiger partial charge in [0.2, 0.25) is 0 Å². The third-order valence-corrected chi connectivity index (χ3v) is 4.59. The minimum atomic E-state index is -0.311. The highest BCUT2D eigenvalue weighted by molar-refractivity contribution is 5.97. The van der Waals surface area contributed by atoms with E-state index < -0.39 is 0 Å². The van der Waals surface area contributed by atoms with Crippen LogP contribution in [0.4, 0.5) is 0 Å². The van der Waals surface area contributed by atoms with Gasteiger partial charge in [-0.3, -0.25) is 9.78 Å². The Morgan fingerprint density at radius 2 is 2.25 bits per heavy atom. The molecule has 8 heteroatoms. The van der Waals surface area contributed by atoms with Crippen LogP contribution in [0.1, 0.15) is 34.9 Å². The molecule has 1 saturated heterocycles. The summed E-state index contributed by atoms with van der Waals surface area (Å²) in [6.45, 7) is 1.27. The van der Waals surface area contributed by atoms with E-state index in [0.29, 0.717) is 24.5 Å². The predicted octanol–water partition coefficient (Wildman–Crippen LogP) is 1.00. The van der Waals surface area contributed by atoms with E-state index in [1.54, 1.807) is 6.33 Å². The quantitative estimate of drug-likeness (QED) is 0.734. The Hall–Kier alpha value is -2.90. The van der Waals surface area contributed by atoms with E-state index >= 15 is 0 Å². The molecule has 0 spiro atoms. The monoisotopic (exact) mass is 326 g/mol. The Labute approximate surface area is 137 Å². The summed E-state index contributed by atoms with van der Waals surface area (Å²) in [5.41, 5.74) is 2.14. The number of nitrogens with one attached hydrogen (secondary N) is 2. The Morgan fingerprint density at radius 3 is 3.04 bits per heavy atom. The summed E-state index contributed by atoms with van der Waals surface area (Å²) in [7, 11) is 1.93. The Bertz CT molecular complexity index is 953. The molecule has 1 aromatic carbocycles. The van der Waals surface area contributed by atoms with Gasteiger partial charge in [0.1, 0.15) is 5.82 Å². The first-order chi connectivity index (χ1) is 11.6. The summed E-state index contributed by atoms with van der Waals surface area (Å²) in [6, 6.07) is 5.59. The molecule has 0 aliphatic carbocycles. The summed E-state index contributed by atoms with van der Waals surface area (Å²) in [5.74, 6) is 0.669. The first-order valence-corrected chi connectivity index (χ1v) is 7.97.